The Bertz CT molecular complexity index is 544. The fraction of sp³-hybridized carbons (Fsp3) is 0.579. The third-order valence-electron chi connectivity index (χ3n) is 4.88. The lowest BCUT2D eigenvalue weighted by atomic mass is 9.96. The van der Waals surface area contributed by atoms with Gasteiger partial charge in [-0.25, -0.2) is 0 Å². The monoisotopic (exact) mass is 318 g/mol. The molecule has 2 nitrogen and oxygen atoms in total. The van der Waals surface area contributed by atoms with Crippen LogP contribution < -0.4 is 5.19 Å². The van der Waals surface area contributed by atoms with Gasteiger partial charge in [0.2, 0.25) is 0 Å². The van der Waals surface area contributed by atoms with Crippen LogP contribution in [0.25, 0.3) is 0 Å². The second-order valence-electron chi connectivity index (χ2n) is 7.64. The fourth-order valence-corrected chi connectivity index (χ4v) is 7.94. The predicted octanol–water partition coefficient (Wildman–Crippen LogP) is 4.12. The summed E-state index contributed by atoms with van der Waals surface area (Å²) >= 11 is 0. The molecule has 0 spiro atoms. The molecule has 0 fully saturated rings. The van der Waals surface area contributed by atoms with Crippen molar-refractivity contribution in [2.24, 2.45) is 11.3 Å². The van der Waals surface area contributed by atoms with Gasteiger partial charge in [-0.15, -0.1) is 0 Å². The van der Waals surface area contributed by atoms with Gasteiger partial charge < -0.3 is 9.47 Å². The van der Waals surface area contributed by atoms with Gasteiger partial charge in [0.05, 0.1) is 6.10 Å². The van der Waals surface area contributed by atoms with Crippen molar-refractivity contribution < 1.29 is 9.47 Å². The van der Waals surface area contributed by atoms with Crippen LogP contribution >= 0.6 is 0 Å². The Morgan fingerprint density at radius 1 is 1.09 bits per heavy atom. The maximum atomic E-state index is 6.02. The van der Waals surface area contributed by atoms with E-state index < -0.39 is 8.07 Å². The molecule has 0 aromatic heterocycles. The van der Waals surface area contributed by atoms with E-state index in [1.807, 2.05) is 0 Å². The highest BCUT2D eigenvalue weighted by Crippen LogP contribution is 2.59. The van der Waals surface area contributed by atoms with Crippen LogP contribution in [0.1, 0.15) is 27.7 Å². The molecule has 0 bridgehead atoms. The number of hydrogen-bond acceptors (Lipinski definition) is 2. The van der Waals surface area contributed by atoms with E-state index in [9.17, 15) is 0 Å². The molecule has 2 rings (SSSR count). The summed E-state index contributed by atoms with van der Waals surface area (Å²) < 4.78 is 11.2. The van der Waals surface area contributed by atoms with Crippen LogP contribution in [-0.2, 0) is 9.47 Å². The van der Waals surface area contributed by atoms with Gasteiger partial charge in [-0.2, -0.15) is 0 Å². The third-order valence-corrected chi connectivity index (χ3v) is 8.80. The van der Waals surface area contributed by atoms with Crippen LogP contribution in [0.4, 0.5) is 0 Å². The van der Waals surface area contributed by atoms with Gasteiger partial charge in [-0.05, 0) is 11.5 Å². The van der Waals surface area contributed by atoms with Crippen LogP contribution in [-0.4, -0.2) is 28.1 Å². The summed E-state index contributed by atoms with van der Waals surface area (Å²) in [6, 6.07) is 11.0. The van der Waals surface area contributed by atoms with Gasteiger partial charge in [-0.1, -0.05) is 81.5 Å². The summed E-state index contributed by atoms with van der Waals surface area (Å²) in [6.07, 6.45) is 0.167. The minimum atomic E-state index is -1.63. The summed E-state index contributed by atoms with van der Waals surface area (Å²) in [5.74, 6) is 0.461. The SMILES string of the molecule is COCOC(C1=C([Si](C)(C)c2ccccc2)C1(C)C)C(C)C. The molecule has 22 heavy (non-hydrogen) atoms. The average molecular weight is 319 g/mol. The normalized spacial score (nSPS) is 18.7. The summed E-state index contributed by atoms with van der Waals surface area (Å²) in [5, 5.41) is 3.16. The Morgan fingerprint density at radius 3 is 2.18 bits per heavy atom. The first-order chi connectivity index (χ1) is 10.2. The number of benzene rings is 1. The first kappa shape index (κ1) is 17.5. The zero-order valence-electron chi connectivity index (χ0n) is 15.1. The van der Waals surface area contributed by atoms with Crippen molar-refractivity contribution in [2.45, 2.75) is 46.9 Å². The smallest absolute Gasteiger partial charge is 0.147 e. The number of ether oxygens (including phenoxy) is 2. The molecule has 0 saturated carbocycles. The van der Waals surface area contributed by atoms with Crippen molar-refractivity contribution in [3.05, 3.63) is 41.1 Å². The molecular formula is C19H30O2Si. The zero-order chi connectivity index (χ0) is 16.5. The van der Waals surface area contributed by atoms with Crippen LogP contribution in [0.15, 0.2) is 41.1 Å². The summed E-state index contributed by atoms with van der Waals surface area (Å²) in [5.41, 5.74) is 1.70. The van der Waals surface area contributed by atoms with Gasteiger partial charge in [0.1, 0.15) is 14.9 Å². The molecule has 3 heteroatoms. The van der Waals surface area contributed by atoms with Crippen molar-refractivity contribution in [3.8, 4) is 0 Å². The zero-order valence-corrected chi connectivity index (χ0v) is 16.1. The number of hydrogen-bond donors (Lipinski definition) is 0. The van der Waals surface area contributed by atoms with E-state index in [4.69, 9.17) is 9.47 Å². The predicted molar refractivity (Wildman–Crippen MR) is 96.0 cm³/mol. The van der Waals surface area contributed by atoms with Gasteiger partial charge >= 0.3 is 0 Å². The van der Waals surface area contributed by atoms with Crippen molar-refractivity contribution in [2.75, 3.05) is 13.9 Å². The Labute approximate surface area is 136 Å². The van der Waals surface area contributed by atoms with Crippen molar-refractivity contribution in [1.82, 2.24) is 0 Å². The maximum absolute atomic E-state index is 6.02. The van der Waals surface area contributed by atoms with Gasteiger partial charge in [-0.3, -0.25) is 0 Å². The molecule has 1 aliphatic carbocycles. The maximum Gasteiger partial charge on any atom is 0.147 e. The summed E-state index contributed by atoms with van der Waals surface area (Å²) in [6.45, 7) is 14.4. The largest absolute Gasteiger partial charge is 0.359 e. The molecule has 122 valence electrons. The molecule has 0 N–H and O–H groups in total. The van der Waals surface area contributed by atoms with E-state index in [1.165, 1.54) is 10.8 Å². The Hall–Kier alpha value is -0.903. The molecule has 0 heterocycles. The molecule has 0 amide bonds. The molecule has 0 saturated heterocycles. The van der Waals surface area contributed by atoms with Crippen LogP contribution in [0.3, 0.4) is 0 Å². The summed E-state index contributed by atoms with van der Waals surface area (Å²) in [7, 11) is 0.0547. The van der Waals surface area contributed by atoms with E-state index >= 15 is 0 Å². The lowest BCUT2D eigenvalue weighted by molar-refractivity contribution is -0.0730. The Balaban J connectivity index is 2.37. The Kier molecular flexibility index (Phi) is 5.00. The molecule has 0 aliphatic heterocycles. The number of methoxy groups -OCH3 is 1. The lowest BCUT2D eigenvalue weighted by Crippen LogP contribution is -2.42. The highest BCUT2D eigenvalue weighted by atomic mass is 28.3. The van der Waals surface area contributed by atoms with E-state index in [-0.39, 0.29) is 11.5 Å². The van der Waals surface area contributed by atoms with Crippen LogP contribution in [0.5, 0.6) is 0 Å². The van der Waals surface area contributed by atoms with E-state index in [1.54, 1.807) is 12.3 Å². The van der Waals surface area contributed by atoms with E-state index in [2.05, 4.69) is 71.1 Å². The van der Waals surface area contributed by atoms with Crippen molar-refractivity contribution in [3.63, 3.8) is 0 Å². The minimum Gasteiger partial charge on any atom is -0.359 e. The van der Waals surface area contributed by atoms with Crippen LogP contribution in [0, 0.1) is 11.3 Å². The fourth-order valence-electron chi connectivity index (χ4n) is 3.86. The second-order valence-corrected chi connectivity index (χ2v) is 12.0. The molecule has 1 unspecified atom stereocenters. The minimum absolute atomic E-state index is 0.167. The molecule has 0 radical (unpaired) electrons. The highest BCUT2D eigenvalue weighted by Gasteiger charge is 2.56. The molecular weight excluding hydrogens is 288 g/mol. The van der Waals surface area contributed by atoms with Crippen LogP contribution in [0.2, 0.25) is 13.1 Å². The van der Waals surface area contributed by atoms with E-state index in [0.29, 0.717) is 12.7 Å². The van der Waals surface area contributed by atoms with E-state index in [0.717, 1.165) is 0 Å². The summed E-state index contributed by atoms with van der Waals surface area (Å²) in [4.78, 5) is 0. The second kappa shape index (κ2) is 6.30. The first-order valence-electron chi connectivity index (χ1n) is 8.16. The number of allylic oxidation sites excluding steroid dienone is 1. The first-order valence-corrected chi connectivity index (χ1v) is 11.2. The molecule has 1 aliphatic rings. The Morgan fingerprint density at radius 2 is 1.68 bits per heavy atom. The van der Waals surface area contributed by atoms with Crippen molar-refractivity contribution >= 4 is 13.3 Å². The quantitative estimate of drug-likeness (QED) is 0.556. The molecule has 1 aromatic carbocycles. The highest BCUT2D eigenvalue weighted by molar-refractivity contribution is 6.97. The third kappa shape index (κ3) is 3.08. The lowest BCUT2D eigenvalue weighted by Gasteiger charge is -2.23. The molecule has 1 aromatic rings. The van der Waals surface area contributed by atoms with Gasteiger partial charge in [0, 0.05) is 12.5 Å². The standard InChI is InChI=1S/C19H30O2Si/c1-14(2)17(21-13-20-5)16-18(19(16,3)4)22(6,7)15-11-9-8-10-12-15/h8-12,14,17H,13H2,1-7H3. The topological polar surface area (TPSA) is 18.5 Å². The number of rotatable bonds is 7. The van der Waals surface area contributed by atoms with Crippen molar-refractivity contribution in [1.29, 1.82) is 0 Å². The van der Waals surface area contributed by atoms with Gasteiger partial charge in [0.15, 0.2) is 0 Å². The molecule has 1 atom stereocenters. The average Bonchev–Trinajstić information content (AvgIpc) is 3.03. The van der Waals surface area contributed by atoms with Gasteiger partial charge in [0.25, 0.3) is 0 Å².